The maximum Gasteiger partial charge on any atom is 0.262 e. The van der Waals surface area contributed by atoms with Crippen LogP contribution >= 0.6 is 0 Å². The number of rotatable bonds is 7. The van der Waals surface area contributed by atoms with Crippen molar-refractivity contribution in [2.45, 2.75) is 6.92 Å². The molecule has 0 aliphatic carbocycles. The number of allylic oxidation sites excluding steroid dienone is 1. The number of aromatic nitrogens is 2. The third-order valence-electron chi connectivity index (χ3n) is 4.97. The summed E-state index contributed by atoms with van der Waals surface area (Å²) < 4.78 is 7.18. The summed E-state index contributed by atoms with van der Waals surface area (Å²) in [5, 5.41) is 5.15. The molecule has 0 bridgehead atoms. The highest BCUT2D eigenvalue weighted by atomic mass is 16.5. The van der Waals surface area contributed by atoms with Crippen molar-refractivity contribution in [3.63, 3.8) is 0 Å². The molecule has 0 atom stereocenters. The number of hydrogen-bond donors (Lipinski definition) is 1. The Hall–Kier alpha value is -4.19. The van der Waals surface area contributed by atoms with Crippen molar-refractivity contribution in [2.75, 3.05) is 12.0 Å². The normalized spacial score (nSPS) is 11.8. The van der Waals surface area contributed by atoms with E-state index in [1.54, 1.807) is 13.1 Å². The number of ether oxygens (including phenoxy) is 1. The van der Waals surface area contributed by atoms with E-state index in [1.807, 2.05) is 91.9 Å². The molecule has 0 unspecified atom stereocenters. The highest BCUT2D eigenvalue weighted by Crippen LogP contribution is 2.20. The average molecular weight is 425 g/mol. The van der Waals surface area contributed by atoms with E-state index in [-0.39, 0.29) is 5.56 Å². The molecular formula is C26H24N4O2. The molecule has 1 N–H and O–H groups in total. The van der Waals surface area contributed by atoms with Gasteiger partial charge in [0.15, 0.2) is 0 Å². The molecule has 32 heavy (non-hydrogen) atoms. The fraction of sp³-hybridized carbons (Fsp3) is 0.115. The maximum absolute atomic E-state index is 12.7. The lowest BCUT2D eigenvalue weighted by Crippen LogP contribution is -2.21. The van der Waals surface area contributed by atoms with Crippen LogP contribution in [0.5, 0.6) is 5.75 Å². The lowest BCUT2D eigenvalue weighted by molar-refractivity contribution is 0.339. The number of anilines is 1. The highest BCUT2D eigenvalue weighted by Gasteiger charge is 2.08. The van der Waals surface area contributed by atoms with Gasteiger partial charge in [0, 0.05) is 18.2 Å². The molecule has 0 aliphatic rings. The zero-order valence-corrected chi connectivity index (χ0v) is 18.0. The number of para-hydroxylation sites is 2. The van der Waals surface area contributed by atoms with Crippen LogP contribution in [0.15, 0.2) is 94.8 Å². The predicted molar refractivity (Wildman–Crippen MR) is 130 cm³/mol. The number of nitrogens with one attached hydrogen (secondary N) is 1. The van der Waals surface area contributed by atoms with Gasteiger partial charge in [-0.3, -0.25) is 9.36 Å². The van der Waals surface area contributed by atoms with E-state index in [2.05, 4.69) is 15.5 Å². The molecule has 1 aromatic heterocycles. The van der Waals surface area contributed by atoms with Gasteiger partial charge in [0.2, 0.25) is 5.95 Å². The summed E-state index contributed by atoms with van der Waals surface area (Å²) in [7, 11) is 1.68. The molecule has 4 rings (SSSR count). The maximum atomic E-state index is 12.7. The van der Waals surface area contributed by atoms with E-state index in [9.17, 15) is 4.79 Å². The first-order valence-corrected chi connectivity index (χ1v) is 10.4. The van der Waals surface area contributed by atoms with Crippen molar-refractivity contribution in [3.8, 4) is 5.75 Å². The summed E-state index contributed by atoms with van der Waals surface area (Å²) in [5.41, 5.74) is 6.04. The molecule has 6 nitrogen and oxygen atoms in total. The Labute approximate surface area is 186 Å². The molecule has 0 aliphatic heterocycles. The first-order chi connectivity index (χ1) is 15.7. The molecule has 3 aromatic carbocycles. The molecular weight excluding hydrogens is 400 g/mol. The van der Waals surface area contributed by atoms with Crippen LogP contribution in [0, 0.1) is 0 Å². The Bertz CT molecular complexity index is 1340. The van der Waals surface area contributed by atoms with Gasteiger partial charge in [-0.25, -0.2) is 10.4 Å². The summed E-state index contributed by atoms with van der Waals surface area (Å²) in [6.07, 6.45) is 3.88. The molecule has 0 fully saturated rings. The zero-order valence-electron chi connectivity index (χ0n) is 18.0. The summed E-state index contributed by atoms with van der Waals surface area (Å²) in [6.45, 7) is 2.55. The first kappa shape index (κ1) is 21.1. The average Bonchev–Trinajstić information content (AvgIpc) is 2.83. The van der Waals surface area contributed by atoms with Crippen LogP contribution in [0.1, 0.15) is 18.1 Å². The third-order valence-corrected chi connectivity index (χ3v) is 4.97. The van der Waals surface area contributed by atoms with Crippen LogP contribution in [-0.2, 0) is 7.05 Å². The molecule has 0 spiro atoms. The van der Waals surface area contributed by atoms with Crippen molar-refractivity contribution >= 4 is 28.6 Å². The quantitative estimate of drug-likeness (QED) is 0.340. The second-order valence-electron chi connectivity index (χ2n) is 7.10. The van der Waals surface area contributed by atoms with E-state index in [0.29, 0.717) is 29.2 Å². The van der Waals surface area contributed by atoms with Crippen LogP contribution in [0.3, 0.4) is 0 Å². The summed E-state index contributed by atoms with van der Waals surface area (Å²) >= 11 is 0. The molecule has 0 saturated carbocycles. The molecule has 4 aromatic rings. The minimum absolute atomic E-state index is 0.129. The van der Waals surface area contributed by atoms with Crippen molar-refractivity contribution in [2.24, 2.45) is 12.1 Å². The molecule has 0 radical (unpaired) electrons. The van der Waals surface area contributed by atoms with Gasteiger partial charge in [-0.15, -0.1) is 0 Å². The first-order valence-electron chi connectivity index (χ1n) is 10.4. The van der Waals surface area contributed by atoms with Gasteiger partial charge in [-0.2, -0.15) is 5.10 Å². The number of fused-ring (bicyclic) bond motifs is 1. The Morgan fingerprint density at radius 3 is 2.56 bits per heavy atom. The van der Waals surface area contributed by atoms with Gasteiger partial charge in [0.1, 0.15) is 5.75 Å². The van der Waals surface area contributed by atoms with E-state index >= 15 is 0 Å². The van der Waals surface area contributed by atoms with Crippen LogP contribution in [0.2, 0.25) is 0 Å². The third kappa shape index (κ3) is 4.59. The summed E-state index contributed by atoms with van der Waals surface area (Å²) in [5.74, 6) is 1.18. The monoisotopic (exact) mass is 424 g/mol. The van der Waals surface area contributed by atoms with E-state index in [0.717, 1.165) is 16.9 Å². The largest absolute Gasteiger partial charge is 0.493 e. The molecule has 0 saturated heterocycles. The van der Waals surface area contributed by atoms with Gasteiger partial charge in [0.25, 0.3) is 5.56 Å². The van der Waals surface area contributed by atoms with Crippen molar-refractivity contribution in [1.29, 1.82) is 0 Å². The van der Waals surface area contributed by atoms with Gasteiger partial charge in [0.05, 0.1) is 23.2 Å². The lowest BCUT2D eigenvalue weighted by atomic mass is 10.1. The van der Waals surface area contributed by atoms with E-state index in [1.165, 1.54) is 4.57 Å². The van der Waals surface area contributed by atoms with Gasteiger partial charge < -0.3 is 4.74 Å². The Morgan fingerprint density at radius 1 is 1.03 bits per heavy atom. The smallest absolute Gasteiger partial charge is 0.262 e. The van der Waals surface area contributed by atoms with E-state index < -0.39 is 0 Å². The summed E-state index contributed by atoms with van der Waals surface area (Å²) in [6, 6.07) is 24.9. The van der Waals surface area contributed by atoms with Gasteiger partial charge in [-0.05, 0) is 37.3 Å². The molecule has 160 valence electrons. The number of nitrogens with zero attached hydrogens (tertiary/aromatic N) is 3. The Morgan fingerprint density at radius 2 is 1.75 bits per heavy atom. The Balaban J connectivity index is 1.72. The number of hydrazone groups is 1. The van der Waals surface area contributed by atoms with Gasteiger partial charge in [-0.1, -0.05) is 60.7 Å². The fourth-order valence-corrected chi connectivity index (χ4v) is 3.31. The van der Waals surface area contributed by atoms with Crippen LogP contribution in [0.25, 0.3) is 17.0 Å². The second-order valence-corrected chi connectivity index (χ2v) is 7.10. The van der Waals surface area contributed by atoms with Crippen molar-refractivity contribution in [1.82, 2.24) is 9.55 Å². The second kappa shape index (κ2) is 9.75. The summed E-state index contributed by atoms with van der Waals surface area (Å²) in [4.78, 5) is 17.2. The molecule has 0 amide bonds. The zero-order chi connectivity index (χ0) is 22.3. The SMILES string of the molecule is CCOc1ccccc1/C=C/C(=N/Nc1nc2ccccc2c(=O)n1C)c1ccccc1. The fourth-order valence-electron chi connectivity index (χ4n) is 3.31. The standard InChI is InChI=1S/C26H24N4O2/c1-3-32-24-16-10-7-13-20(24)17-18-22(19-11-5-4-6-12-19)28-29-26-27-23-15-9-8-14-21(23)25(31)30(26)2/h4-18H,3H2,1-2H3,(H,27,29)/b18-17+,28-22-. The number of hydrogen-bond acceptors (Lipinski definition) is 5. The minimum atomic E-state index is -0.129. The highest BCUT2D eigenvalue weighted by molar-refractivity contribution is 6.11. The molecule has 6 heteroatoms. The topological polar surface area (TPSA) is 68.5 Å². The minimum Gasteiger partial charge on any atom is -0.493 e. The number of benzene rings is 3. The van der Waals surface area contributed by atoms with Crippen LogP contribution in [-0.4, -0.2) is 21.9 Å². The lowest BCUT2D eigenvalue weighted by Gasteiger charge is -2.10. The molecule has 1 heterocycles. The van der Waals surface area contributed by atoms with Crippen molar-refractivity contribution in [3.05, 3.63) is 106 Å². The van der Waals surface area contributed by atoms with E-state index in [4.69, 9.17) is 4.74 Å². The Kier molecular flexibility index (Phi) is 6.41. The van der Waals surface area contributed by atoms with Crippen molar-refractivity contribution < 1.29 is 4.74 Å². The van der Waals surface area contributed by atoms with Crippen LogP contribution < -0.4 is 15.7 Å². The predicted octanol–water partition coefficient (Wildman–Crippen LogP) is 4.86. The van der Waals surface area contributed by atoms with Gasteiger partial charge >= 0.3 is 0 Å². The van der Waals surface area contributed by atoms with Crippen LogP contribution in [0.4, 0.5) is 5.95 Å².